The maximum atomic E-state index is 12.8. The van der Waals surface area contributed by atoms with Crippen molar-refractivity contribution in [3.05, 3.63) is 48.5 Å². The number of nitrogens with one attached hydrogen (secondary N) is 2. The van der Waals surface area contributed by atoms with Gasteiger partial charge in [-0.2, -0.15) is 0 Å². The van der Waals surface area contributed by atoms with E-state index in [4.69, 9.17) is 5.73 Å². The molecule has 8 nitrogen and oxygen atoms in total. The Balaban J connectivity index is 1.43. The second-order valence-electron chi connectivity index (χ2n) is 7.64. The second-order valence-corrected chi connectivity index (χ2v) is 9.35. The summed E-state index contributed by atoms with van der Waals surface area (Å²) < 4.78 is 28.3. The molecule has 158 valence electrons. The topological polar surface area (TPSA) is 121 Å². The molecule has 0 saturated carbocycles. The van der Waals surface area contributed by atoms with Gasteiger partial charge in [-0.05, 0) is 56.2 Å². The van der Waals surface area contributed by atoms with Crippen molar-refractivity contribution in [3.63, 3.8) is 0 Å². The Morgan fingerprint density at radius 1 is 1.17 bits per heavy atom. The van der Waals surface area contributed by atoms with Gasteiger partial charge in [0.15, 0.2) is 0 Å². The average molecular weight is 428 g/mol. The number of nitrogens with two attached hydrogens (primary N) is 1. The minimum absolute atomic E-state index is 0.0996. The van der Waals surface area contributed by atoms with Crippen LogP contribution in [0.25, 0.3) is 22.4 Å². The highest BCUT2D eigenvalue weighted by atomic mass is 32.2. The molecule has 1 saturated heterocycles. The van der Waals surface area contributed by atoms with E-state index in [0.717, 1.165) is 16.6 Å². The number of carbonyl (C=O) groups excluding carboxylic acids is 1. The van der Waals surface area contributed by atoms with Crippen LogP contribution in [0.5, 0.6) is 0 Å². The molecule has 1 unspecified atom stereocenters. The highest BCUT2D eigenvalue weighted by Crippen LogP contribution is 2.22. The van der Waals surface area contributed by atoms with Gasteiger partial charge in [0.1, 0.15) is 5.82 Å². The van der Waals surface area contributed by atoms with Crippen LogP contribution in [0.4, 0.5) is 0 Å². The van der Waals surface area contributed by atoms with Gasteiger partial charge in [0.05, 0.1) is 22.0 Å². The summed E-state index contributed by atoms with van der Waals surface area (Å²) in [6.07, 6.45) is 1.13. The van der Waals surface area contributed by atoms with Gasteiger partial charge in [0.25, 0.3) is 0 Å². The van der Waals surface area contributed by atoms with E-state index in [1.54, 1.807) is 36.1 Å². The lowest BCUT2D eigenvalue weighted by Crippen LogP contribution is -2.50. The molecule has 0 bridgehead atoms. The number of rotatable bonds is 5. The van der Waals surface area contributed by atoms with Gasteiger partial charge in [-0.15, -0.1) is 0 Å². The predicted molar refractivity (Wildman–Crippen MR) is 115 cm³/mol. The third kappa shape index (κ3) is 4.23. The number of amides is 1. The molecule has 3 aromatic rings. The summed E-state index contributed by atoms with van der Waals surface area (Å²) in [5, 5.41) is 0. The number of imidazole rings is 1. The number of para-hydroxylation sites is 2. The summed E-state index contributed by atoms with van der Waals surface area (Å²) in [6.45, 7) is 2.66. The molecule has 1 aliphatic heterocycles. The van der Waals surface area contributed by atoms with Gasteiger partial charge in [-0.1, -0.05) is 12.1 Å². The number of benzene rings is 2. The van der Waals surface area contributed by atoms with Gasteiger partial charge in [0, 0.05) is 24.7 Å². The Bertz CT molecular complexity index is 1110. The number of piperidine rings is 1. The molecule has 2 heterocycles. The van der Waals surface area contributed by atoms with Crippen molar-refractivity contribution in [1.82, 2.24) is 19.6 Å². The van der Waals surface area contributed by atoms with Crippen LogP contribution < -0.4 is 10.5 Å². The largest absolute Gasteiger partial charge is 0.341 e. The SMILES string of the molecule is CC(N)C(=O)N1CCC(NS(=O)(=O)c2ccc(-c3nc4ccccc4[nH]3)cc2)CC1. The molecule has 4 N–H and O–H groups in total. The minimum atomic E-state index is -3.65. The maximum Gasteiger partial charge on any atom is 0.240 e. The first-order valence-corrected chi connectivity index (χ1v) is 11.4. The number of sulfonamides is 1. The summed E-state index contributed by atoms with van der Waals surface area (Å²) >= 11 is 0. The number of hydrogen-bond acceptors (Lipinski definition) is 5. The number of H-pyrrole nitrogens is 1. The number of likely N-dealkylation sites (tertiary alicyclic amines) is 1. The van der Waals surface area contributed by atoms with Crippen LogP contribution in [0.1, 0.15) is 19.8 Å². The third-order valence-corrected chi connectivity index (χ3v) is 6.88. The lowest BCUT2D eigenvalue weighted by atomic mass is 10.1. The van der Waals surface area contributed by atoms with E-state index in [0.29, 0.717) is 31.8 Å². The normalized spacial score (nSPS) is 16.7. The molecular formula is C21H25N5O3S. The zero-order valence-corrected chi connectivity index (χ0v) is 17.5. The Morgan fingerprint density at radius 3 is 2.47 bits per heavy atom. The minimum Gasteiger partial charge on any atom is -0.341 e. The number of aromatic nitrogens is 2. The van der Waals surface area contributed by atoms with Crippen molar-refractivity contribution >= 4 is 27.0 Å². The number of aromatic amines is 1. The molecule has 4 rings (SSSR count). The summed E-state index contributed by atoms with van der Waals surface area (Å²) in [4.78, 5) is 21.6. The van der Waals surface area contributed by atoms with Gasteiger partial charge in [-0.25, -0.2) is 18.1 Å². The fourth-order valence-corrected chi connectivity index (χ4v) is 4.98. The zero-order chi connectivity index (χ0) is 21.3. The fraction of sp³-hybridized carbons (Fsp3) is 0.333. The van der Waals surface area contributed by atoms with Crippen LogP contribution in [0.2, 0.25) is 0 Å². The van der Waals surface area contributed by atoms with Gasteiger partial charge in [-0.3, -0.25) is 4.79 Å². The Morgan fingerprint density at radius 2 is 1.83 bits per heavy atom. The van der Waals surface area contributed by atoms with Crippen LogP contribution in [0.15, 0.2) is 53.4 Å². The van der Waals surface area contributed by atoms with Gasteiger partial charge >= 0.3 is 0 Å². The quantitative estimate of drug-likeness (QED) is 0.574. The number of fused-ring (bicyclic) bond motifs is 1. The smallest absolute Gasteiger partial charge is 0.240 e. The molecular weight excluding hydrogens is 402 g/mol. The predicted octanol–water partition coefficient (Wildman–Crippen LogP) is 1.85. The fourth-order valence-electron chi connectivity index (χ4n) is 3.67. The van der Waals surface area contributed by atoms with Crippen molar-refractivity contribution in [2.24, 2.45) is 5.73 Å². The van der Waals surface area contributed by atoms with E-state index in [9.17, 15) is 13.2 Å². The van der Waals surface area contributed by atoms with Crippen molar-refractivity contribution < 1.29 is 13.2 Å². The van der Waals surface area contributed by atoms with Gasteiger partial charge < -0.3 is 15.6 Å². The molecule has 1 amide bonds. The monoisotopic (exact) mass is 427 g/mol. The van der Waals surface area contributed by atoms with Crippen LogP contribution in [0, 0.1) is 0 Å². The zero-order valence-electron chi connectivity index (χ0n) is 16.7. The van der Waals surface area contributed by atoms with Gasteiger partial charge in [0.2, 0.25) is 15.9 Å². The molecule has 30 heavy (non-hydrogen) atoms. The van der Waals surface area contributed by atoms with Crippen LogP contribution in [-0.2, 0) is 14.8 Å². The maximum absolute atomic E-state index is 12.8. The standard InChI is InChI=1S/C21H25N5O3S/c1-14(22)21(27)26-12-10-16(11-13-26)25-30(28,29)17-8-6-15(7-9-17)20-23-18-4-2-3-5-19(18)24-20/h2-9,14,16,25H,10-13,22H2,1H3,(H,23,24). The summed E-state index contributed by atoms with van der Waals surface area (Å²) in [5.74, 6) is 0.594. The molecule has 9 heteroatoms. The number of carbonyl (C=O) groups is 1. The van der Waals surface area contributed by atoms with Crippen LogP contribution in [-0.4, -0.2) is 54.4 Å². The number of hydrogen-bond donors (Lipinski definition) is 3. The lowest BCUT2D eigenvalue weighted by molar-refractivity contribution is -0.133. The summed E-state index contributed by atoms with van der Waals surface area (Å²) in [6, 6.07) is 13.6. The van der Waals surface area contributed by atoms with Crippen molar-refractivity contribution in [2.75, 3.05) is 13.1 Å². The Hall–Kier alpha value is -2.75. The molecule has 0 spiro atoms. The van der Waals surface area contributed by atoms with E-state index in [1.165, 1.54) is 0 Å². The highest BCUT2D eigenvalue weighted by Gasteiger charge is 2.27. The Kier molecular flexibility index (Phi) is 5.59. The lowest BCUT2D eigenvalue weighted by Gasteiger charge is -2.33. The molecule has 2 aromatic carbocycles. The highest BCUT2D eigenvalue weighted by molar-refractivity contribution is 7.89. The average Bonchev–Trinajstić information content (AvgIpc) is 3.18. The third-order valence-electron chi connectivity index (χ3n) is 5.35. The van der Waals surface area contributed by atoms with E-state index in [-0.39, 0.29) is 16.8 Å². The van der Waals surface area contributed by atoms with Crippen molar-refractivity contribution in [1.29, 1.82) is 0 Å². The molecule has 1 aliphatic rings. The second kappa shape index (κ2) is 8.17. The first-order chi connectivity index (χ1) is 14.3. The first kappa shape index (κ1) is 20.5. The molecule has 1 fully saturated rings. The van der Waals surface area contributed by atoms with E-state index in [2.05, 4.69) is 14.7 Å². The molecule has 1 atom stereocenters. The summed E-state index contributed by atoms with van der Waals surface area (Å²) in [5.41, 5.74) is 8.25. The number of nitrogens with zero attached hydrogens (tertiary/aromatic N) is 2. The Labute approximate surface area is 175 Å². The van der Waals surface area contributed by atoms with Crippen molar-refractivity contribution in [3.8, 4) is 11.4 Å². The molecule has 0 aliphatic carbocycles. The van der Waals surface area contributed by atoms with Crippen LogP contribution in [0.3, 0.4) is 0 Å². The van der Waals surface area contributed by atoms with E-state index < -0.39 is 16.1 Å². The summed E-state index contributed by atoms with van der Waals surface area (Å²) in [7, 11) is -3.65. The van der Waals surface area contributed by atoms with Crippen LogP contribution >= 0.6 is 0 Å². The van der Waals surface area contributed by atoms with E-state index in [1.807, 2.05) is 24.3 Å². The van der Waals surface area contributed by atoms with E-state index >= 15 is 0 Å². The van der Waals surface area contributed by atoms with Crippen molar-refractivity contribution in [2.45, 2.75) is 36.7 Å². The molecule has 1 aromatic heterocycles. The first-order valence-electron chi connectivity index (χ1n) is 9.95. The molecule has 0 radical (unpaired) electrons.